The van der Waals surface area contributed by atoms with Crippen LogP contribution in [0.3, 0.4) is 0 Å². The van der Waals surface area contributed by atoms with Crippen molar-refractivity contribution in [1.82, 2.24) is 9.78 Å². The summed E-state index contributed by atoms with van der Waals surface area (Å²) in [5.41, 5.74) is 5.86. The molecule has 0 spiro atoms. The van der Waals surface area contributed by atoms with Gasteiger partial charge in [0.1, 0.15) is 5.02 Å². The quantitative estimate of drug-likeness (QED) is 0.830. The standard InChI is InChI=1S/C11H19ClN4O/c1-3-4-6-16-11(17)10(12)9(8-14-16)15(2)7-5-13/h8H,3-7,13H2,1-2H3. The molecule has 0 aliphatic rings. The van der Waals surface area contributed by atoms with Crippen LogP contribution >= 0.6 is 11.6 Å². The van der Waals surface area contributed by atoms with Crippen molar-refractivity contribution < 1.29 is 0 Å². The van der Waals surface area contributed by atoms with E-state index in [4.69, 9.17) is 17.3 Å². The molecule has 1 rings (SSSR count). The lowest BCUT2D eigenvalue weighted by Crippen LogP contribution is -2.30. The van der Waals surface area contributed by atoms with Crippen LogP contribution < -0.4 is 16.2 Å². The Balaban J connectivity index is 2.98. The Kier molecular flexibility index (Phi) is 5.44. The summed E-state index contributed by atoms with van der Waals surface area (Å²) in [5.74, 6) is 0. The maximum absolute atomic E-state index is 11.9. The highest BCUT2D eigenvalue weighted by atomic mass is 35.5. The first kappa shape index (κ1) is 14.0. The zero-order valence-corrected chi connectivity index (χ0v) is 11.1. The first-order chi connectivity index (χ1) is 8.11. The Bertz CT molecular complexity index is 418. The minimum Gasteiger partial charge on any atom is -0.371 e. The lowest BCUT2D eigenvalue weighted by atomic mass is 10.3. The van der Waals surface area contributed by atoms with Crippen molar-refractivity contribution in [2.24, 2.45) is 5.73 Å². The molecule has 0 radical (unpaired) electrons. The summed E-state index contributed by atoms with van der Waals surface area (Å²) in [6.07, 6.45) is 3.55. The van der Waals surface area contributed by atoms with Crippen molar-refractivity contribution in [1.29, 1.82) is 0 Å². The summed E-state index contributed by atoms with van der Waals surface area (Å²) in [4.78, 5) is 13.7. The third kappa shape index (κ3) is 3.44. The summed E-state index contributed by atoms with van der Waals surface area (Å²) in [6, 6.07) is 0. The van der Waals surface area contributed by atoms with E-state index in [-0.39, 0.29) is 10.6 Å². The maximum Gasteiger partial charge on any atom is 0.287 e. The second-order valence-corrected chi connectivity index (χ2v) is 4.31. The summed E-state index contributed by atoms with van der Waals surface area (Å²) in [6.45, 7) is 3.82. The van der Waals surface area contributed by atoms with Crippen LogP contribution in [0.1, 0.15) is 19.8 Å². The van der Waals surface area contributed by atoms with Gasteiger partial charge < -0.3 is 10.6 Å². The monoisotopic (exact) mass is 258 g/mol. The number of hydrogen-bond donors (Lipinski definition) is 1. The number of rotatable bonds is 6. The normalized spacial score (nSPS) is 10.6. The molecule has 96 valence electrons. The summed E-state index contributed by atoms with van der Waals surface area (Å²) in [5, 5.41) is 4.33. The number of aromatic nitrogens is 2. The third-order valence-corrected chi connectivity index (χ3v) is 2.92. The van der Waals surface area contributed by atoms with E-state index in [1.165, 1.54) is 4.68 Å². The molecule has 6 heteroatoms. The fraction of sp³-hybridized carbons (Fsp3) is 0.636. The fourth-order valence-electron chi connectivity index (χ4n) is 1.50. The lowest BCUT2D eigenvalue weighted by molar-refractivity contribution is 0.542. The van der Waals surface area contributed by atoms with E-state index in [0.717, 1.165) is 12.8 Å². The predicted octanol–water partition coefficient (Wildman–Crippen LogP) is 1.09. The fourth-order valence-corrected chi connectivity index (χ4v) is 1.79. The summed E-state index contributed by atoms with van der Waals surface area (Å²) < 4.78 is 1.41. The molecule has 0 saturated heterocycles. The molecule has 0 aliphatic carbocycles. The van der Waals surface area contributed by atoms with Crippen molar-refractivity contribution >= 4 is 17.3 Å². The molecule has 0 aromatic carbocycles. The average Bonchev–Trinajstić information content (AvgIpc) is 2.31. The highest BCUT2D eigenvalue weighted by Gasteiger charge is 2.11. The van der Waals surface area contributed by atoms with E-state index >= 15 is 0 Å². The summed E-state index contributed by atoms with van der Waals surface area (Å²) >= 11 is 6.05. The van der Waals surface area contributed by atoms with Gasteiger partial charge >= 0.3 is 0 Å². The zero-order valence-electron chi connectivity index (χ0n) is 10.3. The van der Waals surface area contributed by atoms with Gasteiger partial charge in [0.15, 0.2) is 0 Å². The number of nitrogens with zero attached hydrogens (tertiary/aromatic N) is 3. The average molecular weight is 259 g/mol. The van der Waals surface area contributed by atoms with Gasteiger partial charge in [0.05, 0.1) is 11.9 Å². The van der Waals surface area contributed by atoms with Gasteiger partial charge in [0.25, 0.3) is 5.56 Å². The molecule has 0 unspecified atom stereocenters. The number of aryl methyl sites for hydroxylation is 1. The van der Waals surface area contributed by atoms with Crippen LogP contribution in [0.15, 0.2) is 11.0 Å². The zero-order chi connectivity index (χ0) is 12.8. The Morgan fingerprint density at radius 2 is 2.29 bits per heavy atom. The van der Waals surface area contributed by atoms with Crippen molar-refractivity contribution in [3.63, 3.8) is 0 Å². The largest absolute Gasteiger partial charge is 0.371 e. The molecular weight excluding hydrogens is 240 g/mol. The van der Waals surface area contributed by atoms with Gasteiger partial charge in [-0.15, -0.1) is 0 Å². The molecule has 1 aromatic heterocycles. The molecule has 0 aliphatic heterocycles. The van der Waals surface area contributed by atoms with Crippen LogP contribution in [0.5, 0.6) is 0 Å². The maximum atomic E-state index is 11.9. The topological polar surface area (TPSA) is 64.2 Å². The van der Waals surface area contributed by atoms with Crippen LogP contribution in [0.4, 0.5) is 5.69 Å². The van der Waals surface area contributed by atoms with E-state index in [1.54, 1.807) is 6.20 Å². The van der Waals surface area contributed by atoms with E-state index in [0.29, 0.717) is 25.3 Å². The highest BCUT2D eigenvalue weighted by Crippen LogP contribution is 2.18. The van der Waals surface area contributed by atoms with Gasteiger partial charge in [0, 0.05) is 26.7 Å². The van der Waals surface area contributed by atoms with Crippen LogP contribution in [0.25, 0.3) is 0 Å². The summed E-state index contributed by atoms with van der Waals surface area (Å²) in [7, 11) is 1.84. The first-order valence-corrected chi connectivity index (χ1v) is 6.16. The Labute approximate surface area is 106 Å². The van der Waals surface area contributed by atoms with Crippen LogP contribution in [0, 0.1) is 0 Å². The lowest BCUT2D eigenvalue weighted by Gasteiger charge is -2.19. The first-order valence-electron chi connectivity index (χ1n) is 5.78. The molecule has 1 heterocycles. The number of nitrogens with two attached hydrogens (primary N) is 1. The van der Waals surface area contributed by atoms with Gasteiger partial charge in [0.2, 0.25) is 0 Å². The SMILES string of the molecule is CCCCn1ncc(N(C)CCN)c(Cl)c1=O. The Hall–Kier alpha value is -1.07. The molecular formula is C11H19ClN4O. The third-order valence-electron chi connectivity index (χ3n) is 2.57. The number of unbranched alkanes of at least 4 members (excludes halogenated alkanes) is 1. The second-order valence-electron chi connectivity index (χ2n) is 3.94. The molecule has 0 atom stereocenters. The van der Waals surface area contributed by atoms with E-state index < -0.39 is 0 Å². The minimum atomic E-state index is -0.235. The molecule has 2 N–H and O–H groups in total. The van der Waals surface area contributed by atoms with Gasteiger partial charge in [-0.1, -0.05) is 24.9 Å². The number of hydrogen-bond acceptors (Lipinski definition) is 4. The van der Waals surface area contributed by atoms with E-state index in [2.05, 4.69) is 12.0 Å². The van der Waals surface area contributed by atoms with Gasteiger partial charge in [-0.05, 0) is 6.42 Å². The Morgan fingerprint density at radius 3 is 2.88 bits per heavy atom. The molecule has 17 heavy (non-hydrogen) atoms. The molecule has 0 fully saturated rings. The number of anilines is 1. The van der Waals surface area contributed by atoms with Crippen molar-refractivity contribution in [2.45, 2.75) is 26.3 Å². The van der Waals surface area contributed by atoms with Crippen LogP contribution in [0.2, 0.25) is 5.02 Å². The van der Waals surface area contributed by atoms with Gasteiger partial charge in [-0.3, -0.25) is 4.79 Å². The smallest absolute Gasteiger partial charge is 0.287 e. The number of halogens is 1. The molecule has 0 bridgehead atoms. The number of likely N-dealkylation sites (N-methyl/N-ethyl adjacent to an activating group) is 1. The van der Waals surface area contributed by atoms with Crippen molar-refractivity contribution in [3.05, 3.63) is 21.6 Å². The predicted molar refractivity (Wildman–Crippen MR) is 70.7 cm³/mol. The van der Waals surface area contributed by atoms with Crippen LogP contribution in [-0.2, 0) is 6.54 Å². The Morgan fingerprint density at radius 1 is 1.59 bits per heavy atom. The van der Waals surface area contributed by atoms with E-state index in [9.17, 15) is 4.79 Å². The molecule has 5 nitrogen and oxygen atoms in total. The van der Waals surface area contributed by atoms with E-state index in [1.807, 2.05) is 11.9 Å². The van der Waals surface area contributed by atoms with Gasteiger partial charge in [-0.25, -0.2) is 4.68 Å². The van der Waals surface area contributed by atoms with Gasteiger partial charge in [-0.2, -0.15) is 5.10 Å². The molecule has 0 amide bonds. The van der Waals surface area contributed by atoms with Crippen LogP contribution in [-0.4, -0.2) is 29.9 Å². The molecule has 0 saturated carbocycles. The second kappa shape index (κ2) is 6.61. The molecule has 1 aromatic rings. The van der Waals surface area contributed by atoms with Crippen molar-refractivity contribution in [3.8, 4) is 0 Å². The highest BCUT2D eigenvalue weighted by molar-refractivity contribution is 6.33. The minimum absolute atomic E-state index is 0.215. The van der Waals surface area contributed by atoms with Crippen molar-refractivity contribution in [2.75, 3.05) is 25.0 Å².